The summed E-state index contributed by atoms with van der Waals surface area (Å²) in [4.78, 5) is 11.5. The van der Waals surface area contributed by atoms with Crippen LogP contribution in [-0.4, -0.2) is 46.6 Å². The number of hydrogen-bond donors (Lipinski definition) is 1. The number of methoxy groups -OCH3 is 5. The maximum Gasteiger partial charge on any atom is 0.307 e. The molecule has 0 unspecified atom stereocenters. The Labute approximate surface area is 181 Å². The van der Waals surface area contributed by atoms with Crippen LogP contribution in [-0.2, 0) is 4.79 Å². The summed E-state index contributed by atoms with van der Waals surface area (Å²) in [5.41, 5.74) is 5.02. The van der Waals surface area contributed by atoms with Crippen molar-refractivity contribution < 1.29 is 33.6 Å². The van der Waals surface area contributed by atoms with Gasteiger partial charge in [-0.3, -0.25) is 4.79 Å². The quantitative estimate of drug-likeness (QED) is 0.664. The summed E-state index contributed by atoms with van der Waals surface area (Å²) < 4.78 is 27.2. The van der Waals surface area contributed by atoms with Crippen molar-refractivity contribution >= 4 is 23.2 Å². The highest BCUT2D eigenvalue weighted by molar-refractivity contribution is 6.08. The van der Waals surface area contributed by atoms with Crippen molar-refractivity contribution in [3.63, 3.8) is 0 Å². The van der Waals surface area contributed by atoms with Crippen LogP contribution in [0.3, 0.4) is 0 Å². The number of allylic oxidation sites excluding steroid dienone is 2. The van der Waals surface area contributed by atoms with Crippen LogP contribution < -0.4 is 23.7 Å². The summed E-state index contributed by atoms with van der Waals surface area (Å²) in [7, 11) is 7.80. The summed E-state index contributed by atoms with van der Waals surface area (Å²) >= 11 is 0. The Kier molecular flexibility index (Phi) is 6.44. The molecule has 164 valence electrons. The molecule has 0 atom stereocenters. The fourth-order valence-electron chi connectivity index (χ4n) is 3.83. The maximum atomic E-state index is 11.5. The zero-order chi connectivity index (χ0) is 22.7. The molecule has 1 aliphatic carbocycles. The summed E-state index contributed by atoms with van der Waals surface area (Å²) in [5, 5.41) is 9.46. The van der Waals surface area contributed by atoms with Gasteiger partial charge in [-0.05, 0) is 70.7 Å². The van der Waals surface area contributed by atoms with E-state index in [4.69, 9.17) is 23.7 Å². The molecule has 1 aliphatic rings. The summed E-state index contributed by atoms with van der Waals surface area (Å²) in [6.45, 7) is 1.92. The fourth-order valence-corrected chi connectivity index (χ4v) is 3.83. The van der Waals surface area contributed by atoms with Crippen molar-refractivity contribution in [2.45, 2.75) is 13.3 Å². The molecule has 2 aromatic carbocycles. The van der Waals surface area contributed by atoms with E-state index in [9.17, 15) is 9.90 Å². The standard InChI is InChI=1S/C24H26O7/c1-13-15(7-14-8-21(29-4)24(31-6)22(9-14)30-5)17-10-19(27-2)20(28-3)11-18(17)16(13)12-23(25)26/h7-11H,12H2,1-6H3,(H,25,26)/b15-7-. The van der Waals surface area contributed by atoms with Gasteiger partial charge in [0.25, 0.3) is 0 Å². The monoisotopic (exact) mass is 426 g/mol. The van der Waals surface area contributed by atoms with Crippen molar-refractivity contribution in [3.05, 3.63) is 46.5 Å². The first-order valence-electron chi connectivity index (χ1n) is 9.58. The molecule has 31 heavy (non-hydrogen) atoms. The van der Waals surface area contributed by atoms with Crippen LogP contribution in [0.4, 0.5) is 0 Å². The van der Waals surface area contributed by atoms with E-state index < -0.39 is 5.97 Å². The van der Waals surface area contributed by atoms with Crippen LogP contribution in [0.1, 0.15) is 30.0 Å². The summed E-state index contributed by atoms with van der Waals surface area (Å²) in [5.74, 6) is 1.79. The highest BCUT2D eigenvalue weighted by Crippen LogP contribution is 2.48. The minimum Gasteiger partial charge on any atom is -0.493 e. The van der Waals surface area contributed by atoms with E-state index in [1.807, 2.05) is 37.3 Å². The van der Waals surface area contributed by atoms with Gasteiger partial charge < -0.3 is 28.8 Å². The molecule has 7 nitrogen and oxygen atoms in total. The van der Waals surface area contributed by atoms with E-state index in [0.717, 1.165) is 33.4 Å². The van der Waals surface area contributed by atoms with Gasteiger partial charge in [-0.1, -0.05) is 0 Å². The van der Waals surface area contributed by atoms with E-state index in [-0.39, 0.29) is 6.42 Å². The SMILES string of the molecule is COc1cc2c(cc1OC)/C(=C\c1cc(OC)c(OC)c(OC)c1)C(C)=C2CC(=O)O. The lowest BCUT2D eigenvalue weighted by Gasteiger charge is -2.14. The second kappa shape index (κ2) is 9.04. The van der Waals surface area contributed by atoms with Gasteiger partial charge in [0.1, 0.15) is 0 Å². The Balaban J connectivity index is 2.25. The number of carbonyl (C=O) groups is 1. The Hall–Kier alpha value is -3.61. The summed E-state index contributed by atoms with van der Waals surface area (Å²) in [6, 6.07) is 7.39. The lowest BCUT2D eigenvalue weighted by Crippen LogP contribution is -1.98. The Morgan fingerprint density at radius 3 is 1.77 bits per heavy atom. The highest BCUT2D eigenvalue weighted by Gasteiger charge is 2.28. The van der Waals surface area contributed by atoms with Gasteiger partial charge in [-0.2, -0.15) is 0 Å². The number of benzene rings is 2. The molecular formula is C24H26O7. The second-order valence-corrected chi connectivity index (χ2v) is 6.94. The topological polar surface area (TPSA) is 83.5 Å². The van der Waals surface area contributed by atoms with E-state index in [2.05, 4.69) is 0 Å². The zero-order valence-electron chi connectivity index (χ0n) is 18.5. The number of aliphatic carboxylic acids is 1. The van der Waals surface area contributed by atoms with Crippen LogP contribution in [0.5, 0.6) is 28.7 Å². The van der Waals surface area contributed by atoms with Crippen molar-refractivity contribution in [2.75, 3.05) is 35.5 Å². The molecule has 0 aromatic heterocycles. The van der Waals surface area contributed by atoms with E-state index in [1.165, 1.54) is 0 Å². The first kappa shape index (κ1) is 22.1. The van der Waals surface area contributed by atoms with Gasteiger partial charge in [-0.15, -0.1) is 0 Å². The number of hydrogen-bond acceptors (Lipinski definition) is 6. The fraction of sp³-hybridized carbons (Fsp3) is 0.292. The number of fused-ring (bicyclic) bond motifs is 1. The average Bonchev–Trinajstić information content (AvgIpc) is 3.01. The number of carboxylic acids is 1. The van der Waals surface area contributed by atoms with Crippen LogP contribution in [0, 0.1) is 0 Å². The van der Waals surface area contributed by atoms with Gasteiger partial charge in [0.2, 0.25) is 5.75 Å². The molecule has 7 heteroatoms. The van der Waals surface area contributed by atoms with Gasteiger partial charge in [0, 0.05) is 0 Å². The maximum absolute atomic E-state index is 11.5. The first-order chi connectivity index (χ1) is 14.9. The molecule has 0 heterocycles. The van der Waals surface area contributed by atoms with Crippen molar-refractivity contribution in [1.82, 2.24) is 0 Å². The summed E-state index contributed by atoms with van der Waals surface area (Å²) in [6.07, 6.45) is 1.88. The molecule has 2 aromatic rings. The van der Waals surface area contributed by atoms with Crippen LogP contribution >= 0.6 is 0 Å². The van der Waals surface area contributed by atoms with E-state index in [1.54, 1.807) is 35.5 Å². The molecule has 0 aliphatic heterocycles. The molecule has 0 radical (unpaired) electrons. The third kappa shape index (κ3) is 4.03. The molecule has 3 rings (SSSR count). The average molecular weight is 426 g/mol. The highest BCUT2D eigenvalue weighted by atomic mass is 16.5. The number of carboxylic acid groups (broad SMARTS) is 1. The van der Waals surface area contributed by atoms with Crippen LogP contribution in [0.2, 0.25) is 0 Å². The molecule has 0 fully saturated rings. The first-order valence-corrected chi connectivity index (χ1v) is 9.58. The smallest absolute Gasteiger partial charge is 0.307 e. The lowest BCUT2D eigenvalue weighted by atomic mass is 9.99. The van der Waals surface area contributed by atoms with Gasteiger partial charge in [-0.25, -0.2) is 0 Å². The van der Waals surface area contributed by atoms with Crippen molar-refractivity contribution in [2.24, 2.45) is 0 Å². The second-order valence-electron chi connectivity index (χ2n) is 6.94. The number of ether oxygens (including phenoxy) is 5. The molecule has 0 bridgehead atoms. The van der Waals surface area contributed by atoms with Crippen LogP contribution in [0.25, 0.3) is 17.2 Å². The predicted octanol–water partition coefficient (Wildman–Crippen LogP) is 4.53. The third-order valence-corrected chi connectivity index (χ3v) is 5.32. The van der Waals surface area contributed by atoms with E-state index in [0.29, 0.717) is 28.7 Å². The van der Waals surface area contributed by atoms with Crippen LogP contribution in [0.15, 0.2) is 29.8 Å². The molecule has 1 N–H and O–H groups in total. The lowest BCUT2D eigenvalue weighted by molar-refractivity contribution is -0.135. The molecular weight excluding hydrogens is 400 g/mol. The van der Waals surface area contributed by atoms with E-state index >= 15 is 0 Å². The van der Waals surface area contributed by atoms with Crippen molar-refractivity contribution in [3.8, 4) is 28.7 Å². The Morgan fingerprint density at radius 2 is 1.32 bits per heavy atom. The van der Waals surface area contributed by atoms with Gasteiger partial charge >= 0.3 is 5.97 Å². The predicted molar refractivity (Wildman–Crippen MR) is 118 cm³/mol. The third-order valence-electron chi connectivity index (χ3n) is 5.32. The minimum atomic E-state index is -0.899. The molecule has 0 saturated heterocycles. The Morgan fingerprint density at radius 1 is 0.806 bits per heavy atom. The van der Waals surface area contributed by atoms with Crippen molar-refractivity contribution in [1.29, 1.82) is 0 Å². The minimum absolute atomic E-state index is 0.0963. The zero-order valence-corrected chi connectivity index (χ0v) is 18.5. The Bertz CT molecular complexity index is 1050. The molecule has 0 spiro atoms. The molecule has 0 amide bonds. The number of rotatable bonds is 8. The van der Waals surface area contributed by atoms with Gasteiger partial charge in [0.05, 0.1) is 42.0 Å². The van der Waals surface area contributed by atoms with Gasteiger partial charge in [0.15, 0.2) is 23.0 Å². The normalized spacial score (nSPS) is 13.8. The largest absolute Gasteiger partial charge is 0.493 e. The molecule has 0 saturated carbocycles.